The summed E-state index contributed by atoms with van der Waals surface area (Å²) in [5.74, 6) is 1.25. The lowest BCUT2D eigenvalue weighted by molar-refractivity contribution is 0.641. The standard InChI is InChI=1S/C20H19Cl2N7S/c1-27-18(23)16-17(15-3-2-10-30-15)24-20(25-19(16)26-27)29-8-6-28(7-9-29)12-4-5-13(21)14(22)11-12/h2-5,10-11H,6-9,23H2,1H3. The van der Waals surface area contributed by atoms with Crippen molar-refractivity contribution in [1.82, 2.24) is 19.7 Å². The SMILES string of the molecule is Cn1nc2nc(N3CCN(c4ccc(Cl)c(Cl)c4)CC3)nc(-c3cccs3)c2c1N. The fourth-order valence-electron chi connectivity index (χ4n) is 3.68. The number of benzene rings is 1. The van der Waals surface area contributed by atoms with Crippen molar-refractivity contribution in [3.8, 4) is 10.6 Å². The average Bonchev–Trinajstić information content (AvgIpc) is 3.38. The van der Waals surface area contributed by atoms with Gasteiger partial charge >= 0.3 is 0 Å². The topological polar surface area (TPSA) is 76.1 Å². The summed E-state index contributed by atoms with van der Waals surface area (Å²) in [5, 5.41) is 8.47. The largest absolute Gasteiger partial charge is 0.383 e. The van der Waals surface area contributed by atoms with Gasteiger partial charge in [0.15, 0.2) is 5.65 Å². The molecular formula is C20H19Cl2N7S. The molecule has 1 aromatic carbocycles. The van der Waals surface area contributed by atoms with Crippen molar-refractivity contribution in [2.45, 2.75) is 0 Å². The molecule has 0 amide bonds. The van der Waals surface area contributed by atoms with Crippen molar-refractivity contribution in [2.24, 2.45) is 7.05 Å². The van der Waals surface area contributed by atoms with Gasteiger partial charge in [-0.3, -0.25) is 4.68 Å². The molecule has 1 aliphatic heterocycles. The number of nitrogens with two attached hydrogens (primary N) is 1. The van der Waals surface area contributed by atoms with Crippen LogP contribution in [0.1, 0.15) is 0 Å². The second-order valence-corrected chi connectivity index (χ2v) is 8.89. The number of rotatable bonds is 3. The van der Waals surface area contributed by atoms with Crippen LogP contribution >= 0.6 is 34.5 Å². The third-order valence-corrected chi connectivity index (χ3v) is 6.93. The zero-order chi connectivity index (χ0) is 20.8. The molecule has 10 heteroatoms. The van der Waals surface area contributed by atoms with Crippen LogP contribution in [0.2, 0.25) is 10.0 Å². The Labute approximate surface area is 187 Å². The number of anilines is 3. The van der Waals surface area contributed by atoms with Crippen molar-refractivity contribution in [3.63, 3.8) is 0 Å². The maximum atomic E-state index is 6.26. The molecule has 0 aliphatic carbocycles. The minimum atomic E-state index is 0.566. The Morgan fingerprint density at radius 2 is 1.77 bits per heavy atom. The Hall–Kier alpha value is -2.55. The number of halogens is 2. The van der Waals surface area contributed by atoms with Crippen LogP contribution in [-0.2, 0) is 7.05 Å². The van der Waals surface area contributed by atoms with E-state index in [0.29, 0.717) is 27.5 Å². The quantitative estimate of drug-likeness (QED) is 0.491. The van der Waals surface area contributed by atoms with E-state index in [1.165, 1.54) is 0 Å². The highest BCUT2D eigenvalue weighted by molar-refractivity contribution is 7.13. The molecule has 154 valence electrons. The molecule has 1 saturated heterocycles. The van der Waals surface area contributed by atoms with E-state index in [0.717, 1.165) is 47.8 Å². The first-order valence-corrected chi connectivity index (χ1v) is 11.1. The average molecular weight is 460 g/mol. The fourth-order valence-corrected chi connectivity index (χ4v) is 4.70. The number of thiophene rings is 1. The van der Waals surface area contributed by atoms with Crippen LogP contribution in [0.3, 0.4) is 0 Å². The monoisotopic (exact) mass is 459 g/mol. The Morgan fingerprint density at radius 3 is 2.47 bits per heavy atom. The molecule has 5 rings (SSSR count). The first-order valence-electron chi connectivity index (χ1n) is 9.50. The lowest BCUT2D eigenvalue weighted by atomic mass is 10.2. The molecule has 0 saturated carbocycles. The van der Waals surface area contributed by atoms with Gasteiger partial charge in [-0.2, -0.15) is 10.1 Å². The summed E-state index contributed by atoms with van der Waals surface area (Å²) in [5.41, 5.74) is 8.79. The van der Waals surface area contributed by atoms with E-state index in [-0.39, 0.29) is 0 Å². The van der Waals surface area contributed by atoms with Gasteiger partial charge in [-0.15, -0.1) is 11.3 Å². The zero-order valence-electron chi connectivity index (χ0n) is 16.2. The van der Waals surface area contributed by atoms with Gasteiger partial charge in [0.2, 0.25) is 5.95 Å². The molecule has 3 aromatic heterocycles. The fraction of sp³-hybridized carbons (Fsp3) is 0.250. The summed E-state index contributed by atoms with van der Waals surface area (Å²) < 4.78 is 1.66. The van der Waals surface area contributed by atoms with E-state index in [1.807, 2.05) is 42.8 Å². The Bertz CT molecular complexity index is 1210. The van der Waals surface area contributed by atoms with E-state index >= 15 is 0 Å². The van der Waals surface area contributed by atoms with E-state index in [4.69, 9.17) is 38.9 Å². The second-order valence-electron chi connectivity index (χ2n) is 7.13. The minimum absolute atomic E-state index is 0.566. The summed E-state index contributed by atoms with van der Waals surface area (Å²) in [6.07, 6.45) is 0. The van der Waals surface area contributed by atoms with Gasteiger partial charge < -0.3 is 15.5 Å². The Kier molecular flexibility index (Phi) is 4.92. The van der Waals surface area contributed by atoms with Gasteiger partial charge in [0.05, 0.1) is 26.0 Å². The van der Waals surface area contributed by atoms with Gasteiger partial charge in [0, 0.05) is 38.9 Å². The van der Waals surface area contributed by atoms with Crippen LogP contribution in [0.15, 0.2) is 35.7 Å². The third-order valence-electron chi connectivity index (χ3n) is 5.31. The Morgan fingerprint density at radius 1 is 1.00 bits per heavy atom. The van der Waals surface area contributed by atoms with Crippen molar-refractivity contribution >= 4 is 63.0 Å². The lowest BCUT2D eigenvalue weighted by Gasteiger charge is -2.36. The normalized spacial score (nSPS) is 14.6. The number of fused-ring (bicyclic) bond motifs is 1. The predicted molar refractivity (Wildman–Crippen MR) is 125 cm³/mol. The third kappa shape index (κ3) is 3.34. The first kappa shape index (κ1) is 19.4. The van der Waals surface area contributed by atoms with Crippen LogP contribution in [0.4, 0.5) is 17.5 Å². The van der Waals surface area contributed by atoms with Crippen molar-refractivity contribution in [3.05, 3.63) is 45.8 Å². The van der Waals surface area contributed by atoms with Crippen LogP contribution in [0, 0.1) is 0 Å². The zero-order valence-corrected chi connectivity index (χ0v) is 18.5. The van der Waals surface area contributed by atoms with Gasteiger partial charge in [-0.1, -0.05) is 29.3 Å². The number of nitrogens with zero attached hydrogens (tertiary/aromatic N) is 6. The van der Waals surface area contributed by atoms with Gasteiger partial charge in [0.1, 0.15) is 5.82 Å². The molecule has 0 unspecified atom stereocenters. The molecule has 0 bridgehead atoms. The van der Waals surface area contributed by atoms with Gasteiger partial charge in [0.25, 0.3) is 0 Å². The highest BCUT2D eigenvalue weighted by Crippen LogP contribution is 2.34. The summed E-state index contributed by atoms with van der Waals surface area (Å²) >= 11 is 13.9. The number of hydrogen-bond acceptors (Lipinski definition) is 7. The smallest absolute Gasteiger partial charge is 0.228 e. The van der Waals surface area contributed by atoms with Crippen LogP contribution in [0.25, 0.3) is 21.6 Å². The second kappa shape index (κ2) is 7.61. The van der Waals surface area contributed by atoms with Crippen molar-refractivity contribution in [2.75, 3.05) is 41.7 Å². The number of nitrogen functional groups attached to an aromatic ring is 1. The highest BCUT2D eigenvalue weighted by Gasteiger charge is 2.24. The molecule has 1 aliphatic rings. The molecule has 1 fully saturated rings. The molecule has 0 atom stereocenters. The van der Waals surface area contributed by atoms with Crippen molar-refractivity contribution < 1.29 is 0 Å². The lowest BCUT2D eigenvalue weighted by Crippen LogP contribution is -2.47. The molecule has 30 heavy (non-hydrogen) atoms. The van der Waals surface area contributed by atoms with Crippen molar-refractivity contribution in [1.29, 1.82) is 0 Å². The van der Waals surface area contributed by atoms with Crippen LogP contribution in [0.5, 0.6) is 0 Å². The minimum Gasteiger partial charge on any atom is -0.383 e. The summed E-state index contributed by atoms with van der Waals surface area (Å²) in [4.78, 5) is 15.2. The van der Waals surface area contributed by atoms with E-state index < -0.39 is 0 Å². The number of piperazine rings is 1. The molecule has 2 N–H and O–H groups in total. The van der Waals surface area contributed by atoms with E-state index in [2.05, 4.69) is 14.9 Å². The summed E-state index contributed by atoms with van der Waals surface area (Å²) in [6, 6.07) is 9.80. The molecular weight excluding hydrogens is 441 g/mol. The predicted octanol–water partition coefficient (Wildman–Crippen LogP) is 4.31. The first-order chi connectivity index (χ1) is 14.5. The molecule has 7 nitrogen and oxygen atoms in total. The molecule has 4 heterocycles. The number of aromatic nitrogens is 4. The van der Waals surface area contributed by atoms with Gasteiger partial charge in [-0.05, 0) is 29.6 Å². The number of aryl methyl sites for hydroxylation is 1. The Balaban J connectivity index is 1.45. The molecule has 0 radical (unpaired) electrons. The highest BCUT2D eigenvalue weighted by atomic mass is 35.5. The molecule has 4 aromatic rings. The number of hydrogen-bond donors (Lipinski definition) is 1. The van der Waals surface area contributed by atoms with E-state index in [1.54, 1.807) is 16.0 Å². The summed E-state index contributed by atoms with van der Waals surface area (Å²) in [6.45, 7) is 3.24. The summed E-state index contributed by atoms with van der Waals surface area (Å²) in [7, 11) is 1.82. The van der Waals surface area contributed by atoms with Crippen LogP contribution < -0.4 is 15.5 Å². The maximum absolute atomic E-state index is 6.26. The molecule has 0 spiro atoms. The maximum Gasteiger partial charge on any atom is 0.228 e. The van der Waals surface area contributed by atoms with Gasteiger partial charge in [-0.25, -0.2) is 4.98 Å². The van der Waals surface area contributed by atoms with E-state index in [9.17, 15) is 0 Å². The van der Waals surface area contributed by atoms with Crippen LogP contribution in [-0.4, -0.2) is 45.9 Å².